The van der Waals surface area contributed by atoms with Crippen LogP contribution in [0.5, 0.6) is 0 Å². The van der Waals surface area contributed by atoms with Crippen molar-refractivity contribution in [2.45, 2.75) is 20.3 Å². The molecule has 0 aliphatic carbocycles. The number of nitrogens with zero attached hydrogens (tertiary/aromatic N) is 1. The van der Waals surface area contributed by atoms with Gasteiger partial charge in [-0.15, -0.1) is 0 Å². The normalized spacial score (nSPS) is 25.8. The number of anilines is 2. The third kappa shape index (κ3) is 2.27. The Morgan fingerprint density at radius 3 is 2.44 bits per heavy atom. The van der Waals surface area contributed by atoms with Crippen molar-refractivity contribution >= 4 is 23.0 Å². The minimum absolute atomic E-state index is 0.708. The van der Waals surface area contributed by atoms with Crippen LogP contribution in [0.4, 0.5) is 11.4 Å². The lowest BCUT2D eigenvalue weighted by Gasteiger charge is -2.37. The quantitative estimate of drug-likeness (QED) is 0.760. The van der Waals surface area contributed by atoms with Crippen molar-refractivity contribution in [3.8, 4) is 0 Å². The number of para-hydroxylation sites is 1. The van der Waals surface area contributed by atoms with Gasteiger partial charge in [-0.2, -0.15) is 0 Å². The standard InChI is InChI=1S/C13H19ClN2/c1-9-6-10(2)8-16(7-9)13-11(14)4-3-5-12(13)15/h3-5,9-10H,6-8,15H2,1-2H3/t9-,10+. The summed E-state index contributed by atoms with van der Waals surface area (Å²) in [5.74, 6) is 1.42. The van der Waals surface area contributed by atoms with Crippen LogP contribution in [0.1, 0.15) is 20.3 Å². The summed E-state index contributed by atoms with van der Waals surface area (Å²) in [5.41, 5.74) is 7.82. The predicted molar refractivity (Wildman–Crippen MR) is 71.0 cm³/mol. The maximum Gasteiger partial charge on any atom is 0.0789 e. The van der Waals surface area contributed by atoms with Gasteiger partial charge < -0.3 is 10.6 Å². The highest BCUT2D eigenvalue weighted by Gasteiger charge is 2.24. The van der Waals surface area contributed by atoms with E-state index in [-0.39, 0.29) is 0 Å². The second kappa shape index (κ2) is 4.54. The largest absolute Gasteiger partial charge is 0.397 e. The number of benzene rings is 1. The fraction of sp³-hybridized carbons (Fsp3) is 0.538. The van der Waals surface area contributed by atoms with E-state index in [4.69, 9.17) is 17.3 Å². The molecule has 1 aliphatic rings. The van der Waals surface area contributed by atoms with Gasteiger partial charge in [-0.3, -0.25) is 0 Å². The number of nitrogens with two attached hydrogens (primary N) is 1. The summed E-state index contributed by atoms with van der Waals surface area (Å²) in [5, 5.41) is 0.765. The van der Waals surface area contributed by atoms with Crippen molar-refractivity contribution in [2.75, 3.05) is 23.7 Å². The Kier molecular flexibility index (Phi) is 3.29. The molecule has 3 heteroatoms. The highest BCUT2D eigenvalue weighted by Crippen LogP contribution is 2.35. The van der Waals surface area contributed by atoms with Crippen LogP contribution in [0.15, 0.2) is 18.2 Å². The molecule has 1 heterocycles. The fourth-order valence-electron chi connectivity index (χ4n) is 2.71. The van der Waals surface area contributed by atoms with Crippen molar-refractivity contribution < 1.29 is 0 Å². The average Bonchev–Trinajstić information content (AvgIpc) is 2.15. The van der Waals surface area contributed by atoms with Crippen LogP contribution < -0.4 is 10.6 Å². The Hall–Kier alpha value is -0.890. The summed E-state index contributed by atoms with van der Waals surface area (Å²) in [6.45, 7) is 6.68. The van der Waals surface area contributed by atoms with Gasteiger partial charge in [0.25, 0.3) is 0 Å². The number of hydrogen-bond donors (Lipinski definition) is 1. The topological polar surface area (TPSA) is 29.3 Å². The molecule has 0 radical (unpaired) electrons. The average molecular weight is 239 g/mol. The maximum absolute atomic E-state index is 6.24. The van der Waals surface area contributed by atoms with Gasteiger partial charge in [0, 0.05) is 13.1 Å². The van der Waals surface area contributed by atoms with E-state index in [1.165, 1.54) is 6.42 Å². The molecule has 0 spiro atoms. The lowest BCUT2D eigenvalue weighted by molar-refractivity contribution is 0.357. The first-order valence-electron chi connectivity index (χ1n) is 5.87. The Labute approximate surface area is 102 Å². The van der Waals surface area contributed by atoms with Gasteiger partial charge >= 0.3 is 0 Å². The van der Waals surface area contributed by atoms with Gasteiger partial charge in [0.1, 0.15) is 0 Å². The van der Waals surface area contributed by atoms with Crippen LogP contribution in [0.3, 0.4) is 0 Å². The van der Waals surface area contributed by atoms with Gasteiger partial charge in [0.15, 0.2) is 0 Å². The molecular formula is C13H19ClN2. The first-order chi connectivity index (χ1) is 7.58. The Morgan fingerprint density at radius 1 is 1.25 bits per heavy atom. The number of hydrogen-bond acceptors (Lipinski definition) is 2. The van der Waals surface area contributed by atoms with Crippen LogP contribution in [0, 0.1) is 11.8 Å². The zero-order valence-corrected chi connectivity index (χ0v) is 10.7. The second-order valence-corrected chi connectivity index (χ2v) is 5.44. The monoisotopic (exact) mass is 238 g/mol. The lowest BCUT2D eigenvalue weighted by Crippen LogP contribution is -2.39. The van der Waals surface area contributed by atoms with Gasteiger partial charge in [0.2, 0.25) is 0 Å². The summed E-state index contributed by atoms with van der Waals surface area (Å²) in [6, 6.07) is 5.74. The number of nitrogen functional groups attached to an aromatic ring is 1. The van der Waals surface area contributed by atoms with Gasteiger partial charge in [0.05, 0.1) is 16.4 Å². The molecule has 0 aromatic heterocycles. The first kappa shape index (κ1) is 11.6. The summed E-state index contributed by atoms with van der Waals surface area (Å²) in [4.78, 5) is 2.33. The molecule has 0 amide bonds. The van der Waals surface area contributed by atoms with Crippen molar-refractivity contribution in [1.29, 1.82) is 0 Å². The van der Waals surface area contributed by atoms with Crippen LogP contribution >= 0.6 is 11.6 Å². The number of piperidine rings is 1. The van der Waals surface area contributed by atoms with Crippen LogP contribution in [0.2, 0.25) is 5.02 Å². The molecule has 88 valence electrons. The summed E-state index contributed by atoms with van der Waals surface area (Å²) in [7, 11) is 0. The number of halogens is 1. The Morgan fingerprint density at radius 2 is 1.88 bits per heavy atom. The molecule has 2 nitrogen and oxygen atoms in total. The van der Waals surface area contributed by atoms with E-state index >= 15 is 0 Å². The zero-order chi connectivity index (χ0) is 11.7. The SMILES string of the molecule is C[C@@H]1C[C@H](C)CN(c2c(N)cccc2Cl)C1. The lowest BCUT2D eigenvalue weighted by atomic mass is 9.91. The first-order valence-corrected chi connectivity index (χ1v) is 6.24. The molecule has 1 aliphatic heterocycles. The van der Waals surface area contributed by atoms with E-state index in [9.17, 15) is 0 Å². The Bertz CT molecular complexity index is 348. The van der Waals surface area contributed by atoms with Crippen molar-refractivity contribution in [1.82, 2.24) is 0 Å². The van der Waals surface area contributed by atoms with Crippen LogP contribution in [-0.4, -0.2) is 13.1 Å². The molecule has 0 bridgehead atoms. The van der Waals surface area contributed by atoms with Crippen molar-refractivity contribution in [2.24, 2.45) is 11.8 Å². The molecule has 2 N–H and O–H groups in total. The van der Waals surface area contributed by atoms with Gasteiger partial charge in [-0.25, -0.2) is 0 Å². The smallest absolute Gasteiger partial charge is 0.0789 e. The molecule has 0 unspecified atom stereocenters. The molecule has 0 saturated carbocycles. The third-order valence-electron chi connectivity index (χ3n) is 3.20. The highest BCUT2D eigenvalue weighted by molar-refractivity contribution is 6.34. The Balaban J connectivity index is 2.29. The van der Waals surface area contributed by atoms with E-state index in [2.05, 4.69) is 18.7 Å². The van der Waals surface area contributed by atoms with Crippen molar-refractivity contribution in [3.05, 3.63) is 23.2 Å². The zero-order valence-electron chi connectivity index (χ0n) is 9.91. The van der Waals surface area contributed by atoms with Crippen LogP contribution in [-0.2, 0) is 0 Å². The summed E-state index contributed by atoms with van der Waals surface area (Å²) in [6.07, 6.45) is 1.29. The maximum atomic E-state index is 6.24. The third-order valence-corrected chi connectivity index (χ3v) is 3.51. The minimum atomic E-state index is 0.708. The van der Waals surface area contributed by atoms with Crippen LogP contribution in [0.25, 0.3) is 0 Å². The highest BCUT2D eigenvalue weighted by atomic mass is 35.5. The molecule has 1 saturated heterocycles. The summed E-state index contributed by atoms with van der Waals surface area (Å²) >= 11 is 6.24. The fourth-order valence-corrected chi connectivity index (χ4v) is 3.01. The van der Waals surface area contributed by atoms with E-state index < -0.39 is 0 Å². The predicted octanol–water partition coefficient (Wildman–Crippen LogP) is 3.40. The van der Waals surface area contributed by atoms with Gasteiger partial charge in [-0.05, 0) is 30.4 Å². The molecule has 16 heavy (non-hydrogen) atoms. The van der Waals surface area contributed by atoms with Crippen molar-refractivity contribution in [3.63, 3.8) is 0 Å². The summed E-state index contributed by atoms with van der Waals surface area (Å²) < 4.78 is 0. The van der Waals surface area contributed by atoms with E-state index in [1.807, 2.05) is 18.2 Å². The van der Waals surface area contributed by atoms with E-state index in [1.54, 1.807) is 0 Å². The molecule has 1 aromatic carbocycles. The van der Waals surface area contributed by atoms with Gasteiger partial charge in [-0.1, -0.05) is 31.5 Å². The molecular weight excluding hydrogens is 220 g/mol. The number of rotatable bonds is 1. The van der Waals surface area contributed by atoms with E-state index in [0.29, 0.717) is 11.8 Å². The molecule has 1 fully saturated rings. The second-order valence-electron chi connectivity index (χ2n) is 5.03. The van der Waals surface area contributed by atoms with E-state index in [0.717, 1.165) is 29.5 Å². The molecule has 1 aromatic rings. The molecule has 2 atom stereocenters. The molecule has 2 rings (SSSR count). The minimum Gasteiger partial charge on any atom is -0.397 e.